The second kappa shape index (κ2) is 9.34. The number of thiophene rings is 1. The first-order valence-corrected chi connectivity index (χ1v) is 12.0. The summed E-state index contributed by atoms with van der Waals surface area (Å²) in [4.78, 5) is 26.8. The van der Waals surface area contributed by atoms with Gasteiger partial charge in [-0.25, -0.2) is 13.2 Å². The Kier molecular flexibility index (Phi) is 7.02. The zero-order valence-electron chi connectivity index (χ0n) is 16.4. The molecule has 162 valence electrons. The van der Waals surface area contributed by atoms with Crippen molar-refractivity contribution in [2.24, 2.45) is 5.73 Å². The first-order chi connectivity index (χ1) is 14.2. The topological polar surface area (TPSA) is 113 Å². The smallest absolute Gasteiger partial charge is 0.312 e. The van der Waals surface area contributed by atoms with Crippen molar-refractivity contribution in [2.45, 2.75) is 23.6 Å². The van der Waals surface area contributed by atoms with Gasteiger partial charge in [0.25, 0.3) is 10.0 Å². The molecule has 1 aliphatic heterocycles. The van der Waals surface area contributed by atoms with Crippen molar-refractivity contribution >= 4 is 44.9 Å². The molecule has 0 aliphatic carbocycles. The van der Waals surface area contributed by atoms with Gasteiger partial charge in [-0.1, -0.05) is 29.8 Å². The number of urea groups is 1. The third-order valence-electron chi connectivity index (χ3n) is 4.88. The highest BCUT2D eigenvalue weighted by molar-refractivity contribution is 7.91. The maximum absolute atomic E-state index is 12.8. The van der Waals surface area contributed by atoms with Crippen molar-refractivity contribution in [3.8, 4) is 0 Å². The molecule has 0 spiro atoms. The van der Waals surface area contributed by atoms with Crippen LogP contribution in [0.4, 0.5) is 4.79 Å². The van der Waals surface area contributed by atoms with Crippen LogP contribution in [-0.2, 0) is 14.8 Å². The minimum Gasteiger partial charge on any atom is -0.352 e. The van der Waals surface area contributed by atoms with Gasteiger partial charge in [0.15, 0.2) is 0 Å². The number of primary amides is 1. The first-order valence-electron chi connectivity index (χ1n) is 9.33. The molecule has 0 bridgehead atoms. The van der Waals surface area contributed by atoms with Crippen molar-refractivity contribution in [1.82, 2.24) is 14.5 Å². The Labute approximate surface area is 184 Å². The minimum absolute atomic E-state index is 0.0243. The van der Waals surface area contributed by atoms with Gasteiger partial charge >= 0.3 is 6.03 Å². The molecule has 0 radical (unpaired) electrons. The lowest BCUT2D eigenvalue weighted by Gasteiger charge is -2.34. The maximum Gasteiger partial charge on any atom is 0.312 e. The number of piperazine rings is 1. The number of halogens is 1. The van der Waals surface area contributed by atoms with Crippen LogP contribution in [0.15, 0.2) is 40.6 Å². The summed E-state index contributed by atoms with van der Waals surface area (Å²) < 4.78 is 27.2. The van der Waals surface area contributed by atoms with E-state index in [-0.39, 0.29) is 38.5 Å². The molecule has 1 saturated heterocycles. The number of nitrogens with one attached hydrogen (secondary N) is 1. The fraction of sp³-hybridized carbons (Fsp3) is 0.368. The Balaban J connectivity index is 1.65. The lowest BCUT2D eigenvalue weighted by atomic mass is 10.0. The highest BCUT2D eigenvalue weighted by atomic mass is 35.5. The predicted molar refractivity (Wildman–Crippen MR) is 116 cm³/mol. The number of nitrogens with zero attached hydrogens (tertiary/aromatic N) is 2. The molecule has 11 heteroatoms. The SMILES string of the molecule is Cc1ccc(S(=O)(=O)N2CCN(C(=O)C[C@H](NC(N)=O)c3ccccc3Cl)CC2)s1. The highest BCUT2D eigenvalue weighted by Crippen LogP contribution is 2.27. The first kappa shape index (κ1) is 22.5. The number of hydrogen-bond acceptors (Lipinski definition) is 5. The van der Waals surface area contributed by atoms with Gasteiger partial charge in [0.05, 0.1) is 12.5 Å². The second-order valence-electron chi connectivity index (χ2n) is 6.94. The molecule has 2 heterocycles. The van der Waals surface area contributed by atoms with E-state index in [1.165, 1.54) is 15.6 Å². The van der Waals surface area contributed by atoms with Gasteiger partial charge in [-0.15, -0.1) is 11.3 Å². The molecule has 1 fully saturated rings. The third-order valence-corrected chi connectivity index (χ3v) is 8.59. The summed E-state index contributed by atoms with van der Waals surface area (Å²) in [5.74, 6) is -0.210. The van der Waals surface area contributed by atoms with E-state index >= 15 is 0 Å². The van der Waals surface area contributed by atoms with Crippen LogP contribution in [-0.4, -0.2) is 55.7 Å². The summed E-state index contributed by atoms with van der Waals surface area (Å²) >= 11 is 7.45. The Morgan fingerprint density at radius 3 is 2.40 bits per heavy atom. The minimum atomic E-state index is -3.55. The third kappa shape index (κ3) is 5.12. The molecular formula is C19H23ClN4O4S2. The summed E-state index contributed by atoms with van der Waals surface area (Å²) in [7, 11) is -3.55. The van der Waals surface area contributed by atoms with E-state index in [0.717, 1.165) is 4.88 Å². The summed E-state index contributed by atoms with van der Waals surface area (Å²) in [5.41, 5.74) is 5.87. The molecular weight excluding hydrogens is 448 g/mol. The van der Waals surface area contributed by atoms with Gasteiger partial charge in [-0.2, -0.15) is 4.31 Å². The van der Waals surface area contributed by atoms with Gasteiger partial charge in [-0.05, 0) is 30.7 Å². The standard InChI is InChI=1S/C19H23ClN4O4S2/c1-13-6-7-18(29-13)30(27,28)24-10-8-23(9-11-24)17(25)12-16(22-19(21)26)14-4-2-3-5-15(14)20/h2-7,16H,8-12H2,1H3,(H3,21,22,26)/t16-/m0/s1. The molecule has 3 N–H and O–H groups in total. The zero-order valence-corrected chi connectivity index (χ0v) is 18.8. The molecule has 1 aliphatic rings. The van der Waals surface area contributed by atoms with Crippen LogP contribution in [0.25, 0.3) is 0 Å². The highest BCUT2D eigenvalue weighted by Gasteiger charge is 2.32. The van der Waals surface area contributed by atoms with Crippen molar-refractivity contribution in [3.63, 3.8) is 0 Å². The van der Waals surface area contributed by atoms with Crippen LogP contribution < -0.4 is 11.1 Å². The van der Waals surface area contributed by atoms with Crippen molar-refractivity contribution in [2.75, 3.05) is 26.2 Å². The maximum atomic E-state index is 12.8. The summed E-state index contributed by atoms with van der Waals surface area (Å²) in [6.45, 7) is 2.83. The Morgan fingerprint density at radius 2 is 1.83 bits per heavy atom. The number of rotatable bonds is 6. The second-order valence-corrected chi connectivity index (χ2v) is 10.8. The number of carbonyl (C=O) groups excluding carboxylic acids is 2. The summed E-state index contributed by atoms with van der Waals surface area (Å²) in [6.07, 6.45) is -0.0243. The number of sulfonamides is 1. The van der Waals surface area contributed by atoms with E-state index < -0.39 is 22.1 Å². The lowest BCUT2D eigenvalue weighted by molar-refractivity contribution is -0.132. The average Bonchev–Trinajstić information content (AvgIpc) is 3.15. The van der Waals surface area contributed by atoms with Gasteiger partial charge in [0.2, 0.25) is 5.91 Å². The van der Waals surface area contributed by atoms with Crippen LogP contribution in [0.5, 0.6) is 0 Å². The van der Waals surface area contributed by atoms with E-state index in [0.29, 0.717) is 14.8 Å². The fourth-order valence-corrected chi connectivity index (χ4v) is 6.45. The predicted octanol–water partition coefficient (Wildman–Crippen LogP) is 2.34. The number of amides is 3. The Bertz CT molecular complexity index is 1030. The largest absolute Gasteiger partial charge is 0.352 e. The van der Waals surface area contributed by atoms with E-state index in [2.05, 4.69) is 5.32 Å². The van der Waals surface area contributed by atoms with E-state index in [1.807, 2.05) is 6.92 Å². The van der Waals surface area contributed by atoms with Crippen molar-refractivity contribution in [1.29, 1.82) is 0 Å². The number of aryl methyl sites for hydroxylation is 1. The number of carbonyl (C=O) groups is 2. The molecule has 1 aromatic carbocycles. The van der Waals surface area contributed by atoms with Gasteiger partial charge in [-0.3, -0.25) is 4.79 Å². The van der Waals surface area contributed by atoms with Crippen molar-refractivity contribution < 1.29 is 18.0 Å². The molecule has 8 nitrogen and oxygen atoms in total. The van der Waals surface area contributed by atoms with Crippen LogP contribution in [0.3, 0.4) is 0 Å². The molecule has 0 saturated carbocycles. The van der Waals surface area contributed by atoms with E-state index in [9.17, 15) is 18.0 Å². The molecule has 2 aromatic rings. The summed E-state index contributed by atoms with van der Waals surface area (Å²) in [5, 5.41) is 2.99. The Morgan fingerprint density at radius 1 is 1.17 bits per heavy atom. The van der Waals surface area contributed by atoms with E-state index in [4.69, 9.17) is 17.3 Å². The lowest BCUT2D eigenvalue weighted by Crippen LogP contribution is -2.51. The molecule has 3 amide bonds. The zero-order chi connectivity index (χ0) is 21.9. The monoisotopic (exact) mass is 470 g/mol. The number of nitrogens with two attached hydrogens (primary N) is 1. The fourth-order valence-electron chi connectivity index (χ4n) is 3.33. The molecule has 3 rings (SSSR count). The van der Waals surface area contributed by atoms with Crippen LogP contribution >= 0.6 is 22.9 Å². The van der Waals surface area contributed by atoms with Gasteiger partial charge < -0.3 is 16.0 Å². The number of hydrogen-bond donors (Lipinski definition) is 2. The average molecular weight is 471 g/mol. The summed E-state index contributed by atoms with van der Waals surface area (Å²) in [6, 6.07) is 8.88. The molecule has 30 heavy (non-hydrogen) atoms. The van der Waals surface area contributed by atoms with E-state index in [1.54, 1.807) is 41.3 Å². The Hall–Kier alpha value is -2.14. The van der Waals surface area contributed by atoms with Crippen LogP contribution in [0.2, 0.25) is 5.02 Å². The van der Waals surface area contributed by atoms with Crippen molar-refractivity contribution in [3.05, 3.63) is 51.9 Å². The molecule has 0 unspecified atom stereocenters. The van der Waals surface area contributed by atoms with Gasteiger partial charge in [0, 0.05) is 36.1 Å². The normalized spacial score (nSPS) is 16.3. The van der Waals surface area contributed by atoms with Crippen LogP contribution in [0, 0.1) is 6.92 Å². The quantitative estimate of drug-likeness (QED) is 0.674. The number of benzene rings is 1. The molecule has 1 aromatic heterocycles. The van der Waals surface area contributed by atoms with Gasteiger partial charge in [0.1, 0.15) is 4.21 Å². The van der Waals surface area contributed by atoms with Crippen LogP contribution in [0.1, 0.15) is 22.9 Å². The molecule has 1 atom stereocenters.